The molecule has 5 nitrogen and oxygen atoms in total. The Kier molecular flexibility index (Phi) is 9.22. The molecule has 0 saturated heterocycles. The monoisotopic (exact) mass is 269 g/mol. The fourth-order valence-electron chi connectivity index (χ4n) is 1.46. The number of aliphatic hydroxyl groups excluding tert-OH is 1. The van der Waals surface area contributed by atoms with Crippen LogP contribution in [-0.2, 0) is 20.8 Å². The molecule has 5 heteroatoms. The summed E-state index contributed by atoms with van der Waals surface area (Å²) < 4.78 is 15.8. The van der Waals surface area contributed by atoms with Gasteiger partial charge in [-0.25, -0.2) is 0 Å². The van der Waals surface area contributed by atoms with E-state index in [0.717, 1.165) is 5.56 Å². The first kappa shape index (κ1) is 16.1. The van der Waals surface area contributed by atoms with Crippen molar-refractivity contribution in [3.63, 3.8) is 0 Å². The van der Waals surface area contributed by atoms with Crippen LogP contribution >= 0.6 is 0 Å². The first-order valence-corrected chi connectivity index (χ1v) is 6.48. The Morgan fingerprint density at radius 1 is 0.947 bits per heavy atom. The maximum absolute atomic E-state index is 9.62. The smallest absolute Gasteiger partial charge is 0.101 e. The van der Waals surface area contributed by atoms with Gasteiger partial charge >= 0.3 is 0 Å². The van der Waals surface area contributed by atoms with Gasteiger partial charge < -0.3 is 25.1 Å². The minimum Gasteiger partial charge on any atom is -0.388 e. The van der Waals surface area contributed by atoms with Gasteiger partial charge in [-0.15, -0.1) is 0 Å². The molecule has 0 aliphatic heterocycles. The molecule has 19 heavy (non-hydrogen) atoms. The molecular formula is C14H23NO4. The molecule has 0 saturated carbocycles. The number of nitrogens with two attached hydrogens (primary N) is 1. The molecular weight excluding hydrogens is 246 g/mol. The van der Waals surface area contributed by atoms with Crippen LogP contribution in [0, 0.1) is 0 Å². The highest BCUT2D eigenvalue weighted by Gasteiger charge is 2.04. The lowest BCUT2D eigenvalue weighted by molar-refractivity contribution is -0.0349. The van der Waals surface area contributed by atoms with Crippen LogP contribution in [0.25, 0.3) is 0 Å². The highest BCUT2D eigenvalue weighted by molar-refractivity contribution is 5.13. The Balaban J connectivity index is 1.94. The van der Waals surface area contributed by atoms with E-state index in [9.17, 15) is 5.11 Å². The maximum Gasteiger partial charge on any atom is 0.101 e. The standard InChI is InChI=1S/C14H23NO4/c15-6-7-17-8-9-18-11-14(16)12-19-10-13-4-2-1-3-5-13/h1-5,14,16H,6-12,15H2/t14-/m0/s1. The van der Waals surface area contributed by atoms with E-state index in [1.165, 1.54) is 0 Å². The van der Waals surface area contributed by atoms with Crippen molar-refractivity contribution in [1.29, 1.82) is 0 Å². The van der Waals surface area contributed by atoms with E-state index < -0.39 is 6.10 Å². The minimum absolute atomic E-state index is 0.251. The zero-order valence-corrected chi connectivity index (χ0v) is 11.2. The summed E-state index contributed by atoms with van der Waals surface area (Å²) >= 11 is 0. The first-order valence-electron chi connectivity index (χ1n) is 6.48. The second-order valence-corrected chi connectivity index (χ2v) is 4.13. The minimum atomic E-state index is -0.613. The molecule has 0 heterocycles. The van der Waals surface area contributed by atoms with E-state index >= 15 is 0 Å². The maximum atomic E-state index is 9.62. The molecule has 1 rings (SSSR count). The van der Waals surface area contributed by atoms with Crippen molar-refractivity contribution in [1.82, 2.24) is 0 Å². The molecule has 0 fully saturated rings. The van der Waals surface area contributed by atoms with Crippen LogP contribution < -0.4 is 5.73 Å². The zero-order valence-electron chi connectivity index (χ0n) is 11.2. The number of rotatable bonds is 11. The van der Waals surface area contributed by atoms with Crippen LogP contribution in [0.15, 0.2) is 30.3 Å². The van der Waals surface area contributed by atoms with Crippen molar-refractivity contribution in [3.05, 3.63) is 35.9 Å². The van der Waals surface area contributed by atoms with Gasteiger partial charge in [0.2, 0.25) is 0 Å². The third-order valence-corrected chi connectivity index (χ3v) is 2.37. The van der Waals surface area contributed by atoms with Gasteiger partial charge in [-0.1, -0.05) is 30.3 Å². The summed E-state index contributed by atoms with van der Waals surface area (Å²) in [6.07, 6.45) is -0.613. The molecule has 0 spiro atoms. The number of ether oxygens (including phenoxy) is 3. The summed E-state index contributed by atoms with van der Waals surface area (Å²) in [7, 11) is 0. The van der Waals surface area contributed by atoms with Crippen molar-refractivity contribution in [2.45, 2.75) is 12.7 Å². The van der Waals surface area contributed by atoms with Gasteiger partial charge in [0.1, 0.15) is 6.10 Å². The quantitative estimate of drug-likeness (QED) is 0.574. The highest BCUT2D eigenvalue weighted by Crippen LogP contribution is 2.01. The number of hydrogen-bond donors (Lipinski definition) is 2. The van der Waals surface area contributed by atoms with Crippen LogP contribution in [0.2, 0.25) is 0 Å². The van der Waals surface area contributed by atoms with Crippen LogP contribution in [0.1, 0.15) is 5.56 Å². The third-order valence-electron chi connectivity index (χ3n) is 2.37. The van der Waals surface area contributed by atoms with Crippen molar-refractivity contribution >= 4 is 0 Å². The summed E-state index contributed by atoms with van der Waals surface area (Å²) in [5.41, 5.74) is 6.36. The third kappa shape index (κ3) is 8.69. The van der Waals surface area contributed by atoms with Gasteiger partial charge in [-0.05, 0) is 5.56 Å². The predicted molar refractivity (Wildman–Crippen MR) is 72.8 cm³/mol. The topological polar surface area (TPSA) is 73.9 Å². The van der Waals surface area contributed by atoms with E-state index in [1.807, 2.05) is 30.3 Å². The Morgan fingerprint density at radius 3 is 2.37 bits per heavy atom. The summed E-state index contributed by atoms with van der Waals surface area (Å²) in [5.74, 6) is 0. The fourth-order valence-corrected chi connectivity index (χ4v) is 1.46. The van der Waals surface area contributed by atoms with Gasteiger partial charge in [0, 0.05) is 6.54 Å². The summed E-state index contributed by atoms with van der Waals surface area (Å²) in [5, 5.41) is 9.62. The zero-order chi connectivity index (χ0) is 13.8. The van der Waals surface area contributed by atoms with Crippen LogP contribution in [0.4, 0.5) is 0 Å². The Labute approximate surface area is 114 Å². The molecule has 0 unspecified atom stereocenters. The molecule has 0 bridgehead atoms. The molecule has 1 atom stereocenters. The second kappa shape index (κ2) is 10.9. The van der Waals surface area contributed by atoms with E-state index in [4.69, 9.17) is 19.9 Å². The van der Waals surface area contributed by atoms with Gasteiger partial charge in [0.05, 0.1) is 39.6 Å². The average molecular weight is 269 g/mol. The van der Waals surface area contributed by atoms with Crippen LogP contribution in [-0.4, -0.2) is 50.8 Å². The van der Waals surface area contributed by atoms with Crippen molar-refractivity contribution in [2.24, 2.45) is 5.73 Å². The lowest BCUT2D eigenvalue weighted by Gasteiger charge is -2.12. The normalized spacial score (nSPS) is 12.5. The predicted octanol–water partition coefficient (Wildman–Crippen LogP) is 0.556. The lowest BCUT2D eigenvalue weighted by Crippen LogP contribution is -2.23. The largest absolute Gasteiger partial charge is 0.388 e. The second-order valence-electron chi connectivity index (χ2n) is 4.13. The van der Waals surface area contributed by atoms with Gasteiger partial charge in [0.15, 0.2) is 0 Å². The van der Waals surface area contributed by atoms with Gasteiger partial charge in [-0.2, -0.15) is 0 Å². The Hall–Kier alpha value is -0.980. The molecule has 1 aromatic carbocycles. The first-order chi connectivity index (χ1) is 9.33. The molecule has 1 aromatic rings. The lowest BCUT2D eigenvalue weighted by atomic mass is 10.2. The highest BCUT2D eigenvalue weighted by atomic mass is 16.5. The molecule has 0 aliphatic carbocycles. The van der Waals surface area contributed by atoms with Gasteiger partial charge in [-0.3, -0.25) is 0 Å². The van der Waals surface area contributed by atoms with E-state index in [0.29, 0.717) is 33.0 Å². The fraction of sp³-hybridized carbons (Fsp3) is 0.571. The number of benzene rings is 1. The summed E-state index contributed by atoms with van der Waals surface area (Å²) in [6.45, 7) is 3.00. The molecule has 0 aromatic heterocycles. The number of aliphatic hydroxyl groups is 1. The molecule has 0 amide bonds. The van der Waals surface area contributed by atoms with Crippen LogP contribution in [0.3, 0.4) is 0 Å². The summed E-state index contributed by atoms with van der Waals surface area (Å²) in [4.78, 5) is 0. The van der Waals surface area contributed by atoms with E-state index in [-0.39, 0.29) is 13.2 Å². The SMILES string of the molecule is NCCOCCOC[C@H](O)COCc1ccccc1. The molecule has 0 aliphatic rings. The number of hydrogen-bond acceptors (Lipinski definition) is 5. The molecule has 108 valence electrons. The van der Waals surface area contributed by atoms with E-state index in [1.54, 1.807) is 0 Å². The van der Waals surface area contributed by atoms with Crippen molar-refractivity contribution < 1.29 is 19.3 Å². The molecule has 0 radical (unpaired) electrons. The van der Waals surface area contributed by atoms with E-state index in [2.05, 4.69) is 0 Å². The van der Waals surface area contributed by atoms with Crippen molar-refractivity contribution in [2.75, 3.05) is 39.6 Å². The van der Waals surface area contributed by atoms with Gasteiger partial charge in [0.25, 0.3) is 0 Å². The summed E-state index contributed by atoms with van der Waals surface area (Å²) in [6, 6.07) is 9.84. The van der Waals surface area contributed by atoms with Crippen molar-refractivity contribution in [3.8, 4) is 0 Å². The Bertz CT molecular complexity index is 308. The Morgan fingerprint density at radius 2 is 1.63 bits per heavy atom. The average Bonchev–Trinajstić information content (AvgIpc) is 2.44. The molecule has 3 N–H and O–H groups in total. The van der Waals surface area contributed by atoms with Crippen LogP contribution in [0.5, 0.6) is 0 Å².